The van der Waals surface area contributed by atoms with Crippen LogP contribution in [-0.4, -0.2) is 34.2 Å². The van der Waals surface area contributed by atoms with Gasteiger partial charge < -0.3 is 10.5 Å². The van der Waals surface area contributed by atoms with Crippen LogP contribution in [0.2, 0.25) is 0 Å². The Morgan fingerprint density at radius 2 is 1.65 bits per heavy atom. The average Bonchev–Trinajstić information content (AvgIpc) is 3.26. The molecular weight excluding hydrogens is 413 g/mol. The molecule has 2 amide bonds. The number of nitrogen functional groups attached to an aromatic ring is 1. The van der Waals surface area contributed by atoms with E-state index in [9.17, 15) is 18.0 Å². The number of halogens is 3. The summed E-state index contributed by atoms with van der Waals surface area (Å²) in [6.07, 6.45) is -3.08. The minimum absolute atomic E-state index is 0.0744. The first-order valence-electron chi connectivity index (χ1n) is 8.87. The van der Waals surface area contributed by atoms with Gasteiger partial charge in [-0.3, -0.25) is 9.98 Å². The molecule has 4 rings (SSSR count). The molecule has 158 valence electrons. The number of alkyl halides is 3. The van der Waals surface area contributed by atoms with Crippen molar-refractivity contribution in [3.63, 3.8) is 0 Å². The van der Waals surface area contributed by atoms with Crippen LogP contribution < -0.4 is 15.4 Å². The zero-order valence-electron chi connectivity index (χ0n) is 16.0. The van der Waals surface area contributed by atoms with E-state index in [0.29, 0.717) is 11.4 Å². The standard InChI is InChI=1S/C20H15F3N6O2/c1-31-14-8-6-12(7-9-14)28-10-26-15(17(28)24)16-18(25)29(19(30)27-16)13-4-2-11(3-5-13)20(21,22)23/h2-10,25H,24H2,1H3. The number of carbonyl (C=O) groups is 1. The number of nitrogens with zero attached hydrogens (tertiary/aromatic N) is 4. The minimum Gasteiger partial charge on any atom is -0.497 e. The third-order valence-electron chi connectivity index (χ3n) is 4.68. The maximum atomic E-state index is 12.8. The maximum Gasteiger partial charge on any atom is 0.416 e. The highest BCUT2D eigenvalue weighted by Crippen LogP contribution is 2.32. The number of ether oxygens (including phenoxy) is 1. The van der Waals surface area contributed by atoms with Crippen LogP contribution in [0.3, 0.4) is 0 Å². The van der Waals surface area contributed by atoms with Crippen LogP contribution in [0.15, 0.2) is 59.9 Å². The van der Waals surface area contributed by atoms with Crippen molar-refractivity contribution in [1.82, 2.24) is 9.55 Å². The molecule has 0 unspecified atom stereocenters. The molecule has 1 aromatic heterocycles. The first-order chi connectivity index (χ1) is 14.7. The van der Waals surface area contributed by atoms with E-state index in [1.807, 2.05) is 0 Å². The van der Waals surface area contributed by atoms with Gasteiger partial charge in [-0.1, -0.05) is 0 Å². The SMILES string of the molecule is COc1ccc(-n2cnc(C3=NC(=O)N(c4ccc(C(F)(F)F)cc4)C3=N)c2N)cc1. The number of anilines is 2. The molecule has 3 N–H and O–H groups in total. The monoisotopic (exact) mass is 428 g/mol. The summed E-state index contributed by atoms with van der Waals surface area (Å²) in [6, 6.07) is 10.0. The molecule has 8 nitrogen and oxygen atoms in total. The zero-order valence-corrected chi connectivity index (χ0v) is 16.0. The number of aromatic nitrogens is 2. The number of nitrogens with one attached hydrogen (secondary N) is 1. The topological polar surface area (TPSA) is 110 Å². The van der Waals surface area contributed by atoms with E-state index in [-0.39, 0.29) is 28.7 Å². The zero-order chi connectivity index (χ0) is 22.3. The number of imidazole rings is 1. The van der Waals surface area contributed by atoms with E-state index < -0.39 is 17.8 Å². The van der Waals surface area contributed by atoms with Gasteiger partial charge in [-0.15, -0.1) is 0 Å². The number of benzene rings is 2. The molecule has 0 atom stereocenters. The fourth-order valence-electron chi connectivity index (χ4n) is 3.09. The fraction of sp³-hybridized carbons (Fsp3) is 0.100. The maximum absolute atomic E-state index is 12.8. The molecule has 0 saturated carbocycles. The molecule has 0 aliphatic carbocycles. The van der Waals surface area contributed by atoms with Crippen LogP contribution >= 0.6 is 0 Å². The first kappa shape index (κ1) is 20.1. The van der Waals surface area contributed by atoms with Gasteiger partial charge in [0.2, 0.25) is 0 Å². The molecule has 2 aromatic carbocycles. The number of carbonyl (C=O) groups excluding carboxylic acids is 1. The highest BCUT2D eigenvalue weighted by molar-refractivity contribution is 6.59. The lowest BCUT2D eigenvalue weighted by molar-refractivity contribution is -0.137. The Kier molecular flexibility index (Phi) is 4.72. The molecule has 1 aliphatic heterocycles. The Hall–Kier alpha value is -4.15. The van der Waals surface area contributed by atoms with Gasteiger partial charge in [0, 0.05) is 5.69 Å². The van der Waals surface area contributed by atoms with Crippen molar-refractivity contribution in [1.29, 1.82) is 5.41 Å². The van der Waals surface area contributed by atoms with Crippen molar-refractivity contribution in [2.45, 2.75) is 6.18 Å². The average molecular weight is 428 g/mol. The second-order valence-electron chi connectivity index (χ2n) is 6.52. The number of hydrogen-bond acceptors (Lipinski definition) is 5. The number of nitrogens with two attached hydrogens (primary N) is 1. The third-order valence-corrected chi connectivity index (χ3v) is 4.68. The van der Waals surface area contributed by atoms with Gasteiger partial charge in [0.1, 0.15) is 29.3 Å². The molecule has 1 aliphatic rings. The van der Waals surface area contributed by atoms with Crippen LogP contribution in [0, 0.1) is 5.41 Å². The van der Waals surface area contributed by atoms with E-state index in [1.54, 1.807) is 35.9 Å². The molecule has 0 saturated heterocycles. The van der Waals surface area contributed by atoms with Crippen LogP contribution in [-0.2, 0) is 6.18 Å². The summed E-state index contributed by atoms with van der Waals surface area (Å²) in [7, 11) is 1.54. The lowest BCUT2D eigenvalue weighted by atomic mass is 10.1. The molecule has 0 radical (unpaired) electrons. The molecule has 3 aromatic rings. The van der Waals surface area contributed by atoms with Crippen molar-refractivity contribution < 1.29 is 22.7 Å². The van der Waals surface area contributed by atoms with Gasteiger partial charge >= 0.3 is 12.2 Å². The fourth-order valence-corrected chi connectivity index (χ4v) is 3.09. The van der Waals surface area contributed by atoms with E-state index in [4.69, 9.17) is 15.9 Å². The van der Waals surface area contributed by atoms with Gasteiger partial charge in [0.25, 0.3) is 0 Å². The molecule has 0 spiro atoms. The Balaban J connectivity index is 1.63. The number of rotatable bonds is 4. The van der Waals surface area contributed by atoms with Gasteiger partial charge in [0.15, 0.2) is 5.84 Å². The van der Waals surface area contributed by atoms with E-state index in [0.717, 1.165) is 29.2 Å². The summed E-state index contributed by atoms with van der Waals surface area (Å²) in [5, 5.41) is 8.34. The summed E-state index contributed by atoms with van der Waals surface area (Å²) >= 11 is 0. The quantitative estimate of drug-likeness (QED) is 0.657. The van der Waals surface area contributed by atoms with E-state index in [1.165, 1.54) is 6.33 Å². The summed E-state index contributed by atoms with van der Waals surface area (Å²) in [5.41, 5.74) is 6.11. The Morgan fingerprint density at radius 3 is 2.23 bits per heavy atom. The Labute approximate surface area is 173 Å². The third kappa shape index (κ3) is 3.50. The summed E-state index contributed by atoms with van der Waals surface area (Å²) in [5.74, 6) is 0.467. The highest BCUT2D eigenvalue weighted by Gasteiger charge is 2.36. The van der Waals surface area contributed by atoms with Crippen LogP contribution in [0.5, 0.6) is 5.75 Å². The van der Waals surface area contributed by atoms with Crippen molar-refractivity contribution in [2.75, 3.05) is 17.7 Å². The lowest BCUT2D eigenvalue weighted by Gasteiger charge is -2.16. The smallest absolute Gasteiger partial charge is 0.416 e. The van der Waals surface area contributed by atoms with Gasteiger partial charge in [-0.25, -0.2) is 14.7 Å². The first-order valence-corrected chi connectivity index (χ1v) is 8.87. The molecular formula is C20H15F3N6O2. The van der Waals surface area contributed by atoms with Crippen LogP contribution in [0.25, 0.3) is 5.69 Å². The van der Waals surface area contributed by atoms with Crippen molar-refractivity contribution in [3.8, 4) is 11.4 Å². The van der Waals surface area contributed by atoms with Crippen molar-refractivity contribution in [3.05, 3.63) is 66.1 Å². The predicted molar refractivity (Wildman–Crippen MR) is 108 cm³/mol. The van der Waals surface area contributed by atoms with Crippen molar-refractivity contribution >= 4 is 29.1 Å². The van der Waals surface area contributed by atoms with Crippen molar-refractivity contribution in [2.24, 2.45) is 4.99 Å². The lowest BCUT2D eigenvalue weighted by Crippen LogP contribution is -2.32. The predicted octanol–water partition coefficient (Wildman–Crippen LogP) is 3.89. The summed E-state index contributed by atoms with van der Waals surface area (Å²) in [4.78, 5) is 21.3. The number of methoxy groups -OCH3 is 1. The second kappa shape index (κ2) is 7.27. The van der Waals surface area contributed by atoms with Gasteiger partial charge in [-0.2, -0.15) is 18.2 Å². The number of amidine groups is 1. The molecule has 0 bridgehead atoms. The normalized spacial score (nSPS) is 14.2. The summed E-state index contributed by atoms with van der Waals surface area (Å²) < 4.78 is 45.0. The van der Waals surface area contributed by atoms with Gasteiger partial charge in [0.05, 0.1) is 18.4 Å². The number of aliphatic imine (C=N–C) groups is 1. The molecule has 2 heterocycles. The Bertz CT molecular complexity index is 1200. The van der Waals surface area contributed by atoms with E-state index in [2.05, 4.69) is 9.98 Å². The molecule has 0 fully saturated rings. The highest BCUT2D eigenvalue weighted by atomic mass is 19.4. The number of urea groups is 1. The number of amides is 2. The largest absolute Gasteiger partial charge is 0.497 e. The Morgan fingerprint density at radius 1 is 1.03 bits per heavy atom. The minimum atomic E-state index is -4.51. The molecule has 31 heavy (non-hydrogen) atoms. The van der Waals surface area contributed by atoms with E-state index >= 15 is 0 Å². The van der Waals surface area contributed by atoms with Gasteiger partial charge in [-0.05, 0) is 48.5 Å². The van der Waals surface area contributed by atoms with Crippen LogP contribution in [0.1, 0.15) is 11.3 Å². The van der Waals surface area contributed by atoms with Crippen LogP contribution in [0.4, 0.5) is 29.5 Å². The number of hydrogen-bond donors (Lipinski definition) is 2. The molecule has 11 heteroatoms. The second-order valence-corrected chi connectivity index (χ2v) is 6.52. The summed E-state index contributed by atoms with van der Waals surface area (Å²) in [6.45, 7) is 0.